The maximum Gasteiger partial charge on any atom is 0.0776 e. The summed E-state index contributed by atoms with van der Waals surface area (Å²) in [5.41, 5.74) is 1.77. The Hall–Kier alpha value is -0.770. The maximum absolute atomic E-state index is 9.52. The van der Waals surface area contributed by atoms with Gasteiger partial charge in [-0.25, -0.2) is 0 Å². The zero-order valence-corrected chi connectivity index (χ0v) is 10.7. The number of hydrogen-bond donors (Lipinski definition) is 2. The van der Waals surface area contributed by atoms with Gasteiger partial charge in [-0.3, -0.25) is 0 Å². The summed E-state index contributed by atoms with van der Waals surface area (Å²) in [6, 6.07) is 5.89. The Kier molecular flexibility index (Phi) is 3.92. The van der Waals surface area contributed by atoms with Crippen molar-refractivity contribution in [3.8, 4) is 0 Å². The number of halogens is 1. The largest absolute Gasteiger partial charge is 0.394 e. The van der Waals surface area contributed by atoms with E-state index in [4.69, 9.17) is 11.6 Å². The van der Waals surface area contributed by atoms with Gasteiger partial charge in [0.1, 0.15) is 0 Å². The predicted molar refractivity (Wildman–Crippen MR) is 69.5 cm³/mol. The Balaban J connectivity index is 2.25. The minimum Gasteiger partial charge on any atom is -0.394 e. The normalized spacial score (nSPS) is 21.9. The molecule has 2 atom stereocenters. The molecule has 0 aromatic heterocycles. The summed E-state index contributed by atoms with van der Waals surface area (Å²) in [4.78, 5) is 2.18. The van der Waals surface area contributed by atoms with Crippen LogP contribution in [0.15, 0.2) is 18.2 Å². The van der Waals surface area contributed by atoms with Gasteiger partial charge in [-0.1, -0.05) is 17.7 Å². The topological polar surface area (TPSA) is 43.7 Å². The summed E-state index contributed by atoms with van der Waals surface area (Å²) in [7, 11) is 0. The molecule has 1 aliphatic rings. The average Bonchev–Trinajstić information content (AvgIpc) is 2.76. The summed E-state index contributed by atoms with van der Waals surface area (Å²) in [5.74, 6) is 0. The molecule has 0 radical (unpaired) electrons. The second-order valence-corrected chi connectivity index (χ2v) is 4.96. The Bertz CT molecular complexity index is 395. The molecule has 0 spiro atoms. The predicted octanol–water partition coefficient (Wildman–Crippen LogP) is 2.35. The van der Waals surface area contributed by atoms with E-state index in [1.54, 1.807) is 6.92 Å². The van der Waals surface area contributed by atoms with Crippen LogP contribution in [0.2, 0.25) is 5.02 Å². The lowest BCUT2D eigenvalue weighted by molar-refractivity contribution is 0.199. The van der Waals surface area contributed by atoms with Crippen LogP contribution in [0, 0.1) is 0 Å². The van der Waals surface area contributed by atoms with Gasteiger partial charge < -0.3 is 15.1 Å². The fraction of sp³-hybridized carbons (Fsp3) is 0.538. The zero-order valence-electron chi connectivity index (χ0n) is 9.93. The van der Waals surface area contributed by atoms with Crippen molar-refractivity contribution in [1.29, 1.82) is 0 Å². The summed E-state index contributed by atoms with van der Waals surface area (Å²) < 4.78 is 0. The summed E-state index contributed by atoms with van der Waals surface area (Å²) in [5, 5.41) is 19.4. The molecule has 1 saturated heterocycles. The fourth-order valence-corrected chi connectivity index (χ4v) is 2.73. The molecule has 4 heteroatoms. The molecule has 2 N–H and O–H groups in total. The molecule has 2 unspecified atom stereocenters. The van der Waals surface area contributed by atoms with Gasteiger partial charge in [0.15, 0.2) is 0 Å². The van der Waals surface area contributed by atoms with Crippen LogP contribution in [0.5, 0.6) is 0 Å². The second kappa shape index (κ2) is 5.25. The van der Waals surface area contributed by atoms with Crippen molar-refractivity contribution >= 4 is 17.3 Å². The van der Waals surface area contributed by atoms with E-state index in [-0.39, 0.29) is 12.6 Å². The monoisotopic (exact) mass is 255 g/mol. The Morgan fingerprint density at radius 3 is 2.88 bits per heavy atom. The number of aliphatic hydroxyl groups excluding tert-OH is 2. The molecule has 3 nitrogen and oxygen atoms in total. The number of anilines is 1. The van der Waals surface area contributed by atoms with E-state index in [0.29, 0.717) is 5.02 Å². The van der Waals surface area contributed by atoms with Crippen molar-refractivity contribution in [3.63, 3.8) is 0 Å². The lowest BCUT2D eigenvalue weighted by Crippen LogP contribution is -2.31. The smallest absolute Gasteiger partial charge is 0.0776 e. The lowest BCUT2D eigenvalue weighted by Gasteiger charge is -2.26. The van der Waals surface area contributed by atoms with Crippen LogP contribution in [-0.2, 0) is 0 Å². The van der Waals surface area contributed by atoms with Gasteiger partial charge >= 0.3 is 0 Å². The van der Waals surface area contributed by atoms with E-state index in [2.05, 4.69) is 4.90 Å². The van der Waals surface area contributed by atoms with E-state index >= 15 is 0 Å². The number of rotatable bonds is 3. The third-order valence-electron chi connectivity index (χ3n) is 3.35. The van der Waals surface area contributed by atoms with E-state index in [9.17, 15) is 10.2 Å². The highest BCUT2D eigenvalue weighted by Crippen LogP contribution is 2.31. The van der Waals surface area contributed by atoms with Crippen molar-refractivity contribution < 1.29 is 10.2 Å². The lowest BCUT2D eigenvalue weighted by atomic mass is 10.1. The minimum absolute atomic E-state index is 0.176. The van der Waals surface area contributed by atoms with Crippen LogP contribution >= 0.6 is 11.6 Å². The van der Waals surface area contributed by atoms with E-state index < -0.39 is 6.10 Å². The number of benzene rings is 1. The van der Waals surface area contributed by atoms with Gasteiger partial charge in [0.25, 0.3) is 0 Å². The van der Waals surface area contributed by atoms with Crippen LogP contribution in [0.4, 0.5) is 5.69 Å². The molecule has 1 fully saturated rings. The molecule has 1 aliphatic heterocycles. The van der Waals surface area contributed by atoms with Gasteiger partial charge in [-0.2, -0.15) is 0 Å². The maximum atomic E-state index is 9.52. The summed E-state index contributed by atoms with van der Waals surface area (Å²) in [6.07, 6.45) is 1.57. The Labute approximate surface area is 107 Å². The third kappa shape index (κ3) is 2.57. The molecule has 2 rings (SSSR count). The van der Waals surface area contributed by atoms with Crippen molar-refractivity contribution in [3.05, 3.63) is 28.8 Å². The van der Waals surface area contributed by atoms with E-state index in [1.807, 2.05) is 18.2 Å². The molecule has 0 saturated carbocycles. The molecule has 0 bridgehead atoms. The minimum atomic E-state index is -0.552. The summed E-state index contributed by atoms with van der Waals surface area (Å²) in [6.45, 7) is 2.83. The van der Waals surface area contributed by atoms with Gasteiger partial charge in [0.05, 0.1) is 18.8 Å². The first-order valence-electron chi connectivity index (χ1n) is 5.98. The third-order valence-corrected chi connectivity index (χ3v) is 3.68. The van der Waals surface area contributed by atoms with Crippen LogP contribution in [0.3, 0.4) is 0 Å². The molecule has 0 amide bonds. The van der Waals surface area contributed by atoms with Crippen LogP contribution in [0.1, 0.15) is 31.4 Å². The van der Waals surface area contributed by atoms with Crippen LogP contribution < -0.4 is 4.90 Å². The quantitative estimate of drug-likeness (QED) is 0.872. The van der Waals surface area contributed by atoms with E-state index in [0.717, 1.165) is 30.6 Å². The SMILES string of the molecule is CC(O)c1ccc(N2CCCC2CO)cc1Cl. The van der Waals surface area contributed by atoms with Gasteiger partial charge in [0, 0.05) is 17.3 Å². The number of aliphatic hydroxyl groups is 2. The molecule has 1 heterocycles. The van der Waals surface area contributed by atoms with Crippen molar-refractivity contribution in [2.45, 2.75) is 31.9 Å². The number of nitrogens with zero attached hydrogens (tertiary/aromatic N) is 1. The zero-order chi connectivity index (χ0) is 12.4. The number of hydrogen-bond acceptors (Lipinski definition) is 3. The second-order valence-electron chi connectivity index (χ2n) is 4.55. The molecule has 1 aromatic rings. The highest BCUT2D eigenvalue weighted by molar-refractivity contribution is 6.31. The molecule has 0 aliphatic carbocycles. The van der Waals surface area contributed by atoms with Crippen molar-refractivity contribution in [2.75, 3.05) is 18.1 Å². The highest BCUT2D eigenvalue weighted by Gasteiger charge is 2.24. The highest BCUT2D eigenvalue weighted by atomic mass is 35.5. The Morgan fingerprint density at radius 2 is 2.29 bits per heavy atom. The molecular weight excluding hydrogens is 238 g/mol. The Morgan fingerprint density at radius 1 is 1.53 bits per heavy atom. The first-order valence-corrected chi connectivity index (χ1v) is 6.36. The van der Waals surface area contributed by atoms with Crippen molar-refractivity contribution in [1.82, 2.24) is 0 Å². The van der Waals surface area contributed by atoms with Crippen molar-refractivity contribution in [2.24, 2.45) is 0 Å². The van der Waals surface area contributed by atoms with Crippen LogP contribution in [-0.4, -0.2) is 29.4 Å². The van der Waals surface area contributed by atoms with Gasteiger partial charge in [-0.05, 0) is 37.5 Å². The standard InChI is InChI=1S/C13H18ClNO2/c1-9(17)12-5-4-10(7-13(12)14)15-6-2-3-11(15)8-16/h4-5,7,9,11,16-17H,2-3,6,8H2,1H3. The molecular formula is C13H18ClNO2. The molecule has 94 valence electrons. The molecule has 17 heavy (non-hydrogen) atoms. The first kappa shape index (κ1) is 12.7. The first-order chi connectivity index (χ1) is 8.13. The van der Waals surface area contributed by atoms with Gasteiger partial charge in [-0.15, -0.1) is 0 Å². The summed E-state index contributed by atoms with van der Waals surface area (Å²) >= 11 is 6.14. The average molecular weight is 256 g/mol. The van der Waals surface area contributed by atoms with Crippen LogP contribution in [0.25, 0.3) is 0 Å². The van der Waals surface area contributed by atoms with E-state index in [1.165, 1.54) is 0 Å². The molecule has 1 aromatic carbocycles. The van der Waals surface area contributed by atoms with Gasteiger partial charge in [0.2, 0.25) is 0 Å². The fourth-order valence-electron chi connectivity index (χ4n) is 2.40.